The van der Waals surface area contributed by atoms with Crippen molar-refractivity contribution in [3.8, 4) is 5.69 Å². The Morgan fingerprint density at radius 1 is 1.32 bits per heavy atom. The third-order valence-electron chi connectivity index (χ3n) is 3.21. The molecular formula is C14H20N4O. The van der Waals surface area contributed by atoms with Gasteiger partial charge in [0.05, 0.1) is 11.8 Å². The van der Waals surface area contributed by atoms with E-state index in [-0.39, 0.29) is 12.1 Å². The van der Waals surface area contributed by atoms with Gasteiger partial charge in [-0.2, -0.15) is 5.10 Å². The molecular weight excluding hydrogens is 240 g/mol. The second kappa shape index (κ2) is 6.45. The van der Waals surface area contributed by atoms with E-state index >= 15 is 0 Å². The number of aliphatic hydroxyl groups is 1. The molecule has 1 unspecified atom stereocenters. The summed E-state index contributed by atoms with van der Waals surface area (Å²) in [6.45, 7) is 4.68. The number of hydrogen-bond acceptors (Lipinski definition) is 4. The van der Waals surface area contributed by atoms with Gasteiger partial charge in [-0.15, -0.1) is 0 Å². The molecule has 0 radical (unpaired) electrons. The molecule has 2 N–H and O–H groups in total. The van der Waals surface area contributed by atoms with E-state index in [2.05, 4.69) is 34.5 Å². The van der Waals surface area contributed by atoms with Crippen LogP contribution in [-0.4, -0.2) is 32.5 Å². The Hall–Kier alpha value is -1.72. The highest BCUT2D eigenvalue weighted by Crippen LogP contribution is 2.15. The molecule has 1 heterocycles. The molecule has 0 saturated heterocycles. The topological polar surface area (TPSA) is 63.0 Å². The molecule has 5 heteroatoms. The van der Waals surface area contributed by atoms with E-state index in [1.165, 1.54) is 11.9 Å². The van der Waals surface area contributed by atoms with Gasteiger partial charge in [0, 0.05) is 12.6 Å². The average Bonchev–Trinajstić information content (AvgIpc) is 2.98. The minimum atomic E-state index is -0.281. The van der Waals surface area contributed by atoms with Crippen molar-refractivity contribution in [2.24, 2.45) is 0 Å². The first kappa shape index (κ1) is 13.7. The van der Waals surface area contributed by atoms with Crippen LogP contribution in [0.15, 0.2) is 36.9 Å². The number of nitrogens with zero attached hydrogens (tertiary/aromatic N) is 3. The van der Waals surface area contributed by atoms with E-state index in [4.69, 9.17) is 0 Å². The molecule has 0 fully saturated rings. The normalized spacial score (nSPS) is 14.3. The summed E-state index contributed by atoms with van der Waals surface area (Å²) < 4.78 is 1.72. The maximum absolute atomic E-state index is 9.54. The van der Waals surface area contributed by atoms with Gasteiger partial charge >= 0.3 is 0 Å². The summed E-state index contributed by atoms with van der Waals surface area (Å²) in [5.41, 5.74) is 2.18. The van der Waals surface area contributed by atoms with Crippen molar-refractivity contribution in [3.63, 3.8) is 0 Å². The summed E-state index contributed by atoms with van der Waals surface area (Å²) in [7, 11) is 0. The molecule has 19 heavy (non-hydrogen) atoms. The van der Waals surface area contributed by atoms with Gasteiger partial charge in [0.2, 0.25) is 0 Å². The smallest absolute Gasteiger partial charge is 0.138 e. The second-order valence-corrected chi connectivity index (χ2v) is 4.62. The van der Waals surface area contributed by atoms with Crippen LogP contribution >= 0.6 is 0 Å². The van der Waals surface area contributed by atoms with Crippen LogP contribution in [0.1, 0.15) is 31.9 Å². The van der Waals surface area contributed by atoms with E-state index in [9.17, 15) is 5.11 Å². The van der Waals surface area contributed by atoms with Crippen molar-refractivity contribution in [3.05, 3.63) is 42.5 Å². The molecule has 0 aliphatic heterocycles. The van der Waals surface area contributed by atoms with Crippen LogP contribution in [0.3, 0.4) is 0 Å². The fourth-order valence-electron chi connectivity index (χ4n) is 1.83. The molecule has 0 aliphatic carbocycles. The third kappa shape index (κ3) is 3.62. The van der Waals surface area contributed by atoms with Crippen LogP contribution in [0.2, 0.25) is 0 Å². The Balaban J connectivity index is 1.98. The molecule has 2 aromatic rings. The zero-order valence-corrected chi connectivity index (χ0v) is 11.3. The number of benzene rings is 1. The third-order valence-corrected chi connectivity index (χ3v) is 3.21. The van der Waals surface area contributed by atoms with Crippen molar-refractivity contribution < 1.29 is 5.11 Å². The van der Waals surface area contributed by atoms with Crippen LogP contribution in [0.4, 0.5) is 0 Å². The minimum absolute atomic E-state index is 0.214. The Kier molecular flexibility index (Phi) is 4.65. The SMILES string of the molecule is CC[C@@H](O)CNC(C)c1ccc(-n2cncn2)cc1. The lowest BCUT2D eigenvalue weighted by Crippen LogP contribution is -2.28. The van der Waals surface area contributed by atoms with Crippen LogP contribution in [0.25, 0.3) is 5.69 Å². The molecule has 102 valence electrons. The maximum Gasteiger partial charge on any atom is 0.138 e. The Morgan fingerprint density at radius 3 is 2.63 bits per heavy atom. The summed E-state index contributed by atoms with van der Waals surface area (Å²) in [6.07, 6.45) is 3.68. The maximum atomic E-state index is 9.54. The first-order valence-corrected chi connectivity index (χ1v) is 6.57. The number of rotatable bonds is 6. The fourth-order valence-corrected chi connectivity index (χ4v) is 1.83. The lowest BCUT2D eigenvalue weighted by molar-refractivity contribution is 0.164. The van der Waals surface area contributed by atoms with Crippen molar-refractivity contribution in [2.45, 2.75) is 32.4 Å². The number of hydrogen-bond donors (Lipinski definition) is 2. The van der Waals surface area contributed by atoms with E-state index in [1.54, 1.807) is 11.0 Å². The van der Waals surface area contributed by atoms with Gasteiger partial charge < -0.3 is 10.4 Å². The standard InChI is InChI=1S/C14H20N4O/c1-3-14(19)8-16-11(2)12-4-6-13(7-5-12)18-10-15-9-17-18/h4-7,9-11,14,16,19H,3,8H2,1-2H3/t11?,14-/m1/s1. The molecule has 0 bridgehead atoms. The van der Waals surface area contributed by atoms with Gasteiger partial charge in [0.15, 0.2) is 0 Å². The van der Waals surface area contributed by atoms with Gasteiger partial charge in [0.25, 0.3) is 0 Å². The van der Waals surface area contributed by atoms with E-state index < -0.39 is 0 Å². The van der Waals surface area contributed by atoms with Crippen molar-refractivity contribution in [2.75, 3.05) is 6.54 Å². The van der Waals surface area contributed by atoms with E-state index in [0.29, 0.717) is 6.54 Å². The molecule has 2 rings (SSSR count). The van der Waals surface area contributed by atoms with Crippen molar-refractivity contribution in [1.82, 2.24) is 20.1 Å². The molecule has 0 saturated carbocycles. The molecule has 0 aliphatic rings. The second-order valence-electron chi connectivity index (χ2n) is 4.62. The summed E-state index contributed by atoms with van der Waals surface area (Å²) in [4.78, 5) is 3.93. The van der Waals surface area contributed by atoms with Crippen LogP contribution in [0.5, 0.6) is 0 Å². The minimum Gasteiger partial charge on any atom is -0.392 e. The lowest BCUT2D eigenvalue weighted by atomic mass is 10.1. The first-order valence-electron chi connectivity index (χ1n) is 6.57. The summed E-state index contributed by atoms with van der Waals surface area (Å²) in [5, 5.41) is 16.9. The molecule has 5 nitrogen and oxygen atoms in total. The molecule has 0 amide bonds. The number of aromatic nitrogens is 3. The number of nitrogens with one attached hydrogen (secondary N) is 1. The highest BCUT2D eigenvalue weighted by Gasteiger charge is 2.07. The molecule has 1 aromatic heterocycles. The number of aliphatic hydroxyl groups excluding tert-OH is 1. The predicted octanol–water partition coefficient (Wildman–Crippen LogP) is 1.69. The van der Waals surface area contributed by atoms with Crippen molar-refractivity contribution >= 4 is 0 Å². The summed E-state index contributed by atoms with van der Waals surface area (Å²) >= 11 is 0. The predicted molar refractivity (Wildman–Crippen MR) is 74.1 cm³/mol. The molecule has 0 spiro atoms. The monoisotopic (exact) mass is 260 g/mol. The Morgan fingerprint density at radius 2 is 2.05 bits per heavy atom. The highest BCUT2D eigenvalue weighted by atomic mass is 16.3. The molecule has 1 aromatic carbocycles. The molecule has 2 atom stereocenters. The highest BCUT2D eigenvalue weighted by molar-refractivity contribution is 5.34. The van der Waals surface area contributed by atoms with Crippen LogP contribution < -0.4 is 5.32 Å². The van der Waals surface area contributed by atoms with Gasteiger partial charge in [-0.3, -0.25) is 0 Å². The zero-order chi connectivity index (χ0) is 13.7. The zero-order valence-electron chi connectivity index (χ0n) is 11.3. The summed E-state index contributed by atoms with van der Waals surface area (Å²) in [6, 6.07) is 8.36. The van der Waals surface area contributed by atoms with Gasteiger partial charge in [-0.25, -0.2) is 9.67 Å². The van der Waals surface area contributed by atoms with E-state index in [1.807, 2.05) is 19.1 Å². The Bertz CT molecular complexity index is 481. The largest absolute Gasteiger partial charge is 0.392 e. The van der Waals surface area contributed by atoms with Crippen molar-refractivity contribution in [1.29, 1.82) is 0 Å². The average molecular weight is 260 g/mol. The summed E-state index contributed by atoms with van der Waals surface area (Å²) in [5.74, 6) is 0. The van der Waals surface area contributed by atoms with Crippen LogP contribution in [-0.2, 0) is 0 Å². The van der Waals surface area contributed by atoms with Gasteiger partial charge in [-0.1, -0.05) is 19.1 Å². The van der Waals surface area contributed by atoms with Gasteiger partial charge in [-0.05, 0) is 31.0 Å². The lowest BCUT2D eigenvalue weighted by Gasteiger charge is -2.17. The quantitative estimate of drug-likeness (QED) is 0.829. The van der Waals surface area contributed by atoms with Gasteiger partial charge in [0.1, 0.15) is 12.7 Å². The first-order chi connectivity index (χ1) is 9.20. The fraction of sp³-hybridized carbons (Fsp3) is 0.429. The van der Waals surface area contributed by atoms with E-state index in [0.717, 1.165) is 12.1 Å². The van der Waals surface area contributed by atoms with Crippen LogP contribution in [0, 0.1) is 0 Å². The Labute approximate surface area is 113 Å².